The predicted octanol–water partition coefficient (Wildman–Crippen LogP) is 1.82. The average molecular weight is 332 g/mol. The smallest absolute Gasteiger partial charge is 0.260 e. The largest absolute Gasteiger partial charge is 0.484 e. The van der Waals surface area contributed by atoms with Gasteiger partial charge in [-0.25, -0.2) is 0 Å². The summed E-state index contributed by atoms with van der Waals surface area (Å²) in [4.78, 5) is 16.5. The molecule has 0 radical (unpaired) electrons. The summed E-state index contributed by atoms with van der Waals surface area (Å²) < 4.78 is 5.62. The van der Waals surface area contributed by atoms with Crippen LogP contribution in [0.1, 0.15) is 31.2 Å². The van der Waals surface area contributed by atoms with E-state index in [4.69, 9.17) is 4.74 Å². The van der Waals surface area contributed by atoms with Gasteiger partial charge >= 0.3 is 0 Å². The summed E-state index contributed by atoms with van der Waals surface area (Å²) in [6.07, 6.45) is 4.04. The fraction of sp³-hybridized carbons (Fsp3) is 0.632. The van der Waals surface area contributed by atoms with E-state index in [1.807, 2.05) is 31.2 Å². The number of ether oxygens (including phenoxy) is 1. The zero-order chi connectivity index (χ0) is 17.0. The number of likely N-dealkylation sites (tertiary alicyclic amines) is 2. The molecule has 132 valence electrons. The van der Waals surface area contributed by atoms with E-state index >= 15 is 0 Å². The van der Waals surface area contributed by atoms with Crippen molar-refractivity contribution in [2.75, 3.05) is 39.3 Å². The third-order valence-electron chi connectivity index (χ3n) is 4.98. The minimum atomic E-state index is -0.776. The molecule has 1 N–H and O–H groups in total. The fourth-order valence-corrected chi connectivity index (χ4v) is 3.75. The van der Waals surface area contributed by atoms with Crippen molar-refractivity contribution in [3.05, 3.63) is 29.8 Å². The molecule has 24 heavy (non-hydrogen) atoms. The quantitative estimate of drug-likeness (QED) is 0.894. The molecule has 1 atom stereocenters. The van der Waals surface area contributed by atoms with Crippen LogP contribution < -0.4 is 4.74 Å². The van der Waals surface area contributed by atoms with Crippen molar-refractivity contribution in [3.8, 4) is 5.75 Å². The van der Waals surface area contributed by atoms with E-state index in [1.165, 1.54) is 12.8 Å². The molecule has 0 aromatic heterocycles. The molecule has 5 heteroatoms. The van der Waals surface area contributed by atoms with Crippen molar-refractivity contribution in [1.82, 2.24) is 9.80 Å². The maximum Gasteiger partial charge on any atom is 0.260 e. The van der Waals surface area contributed by atoms with Crippen LogP contribution in [0.3, 0.4) is 0 Å². The van der Waals surface area contributed by atoms with Gasteiger partial charge in [-0.15, -0.1) is 0 Å². The van der Waals surface area contributed by atoms with Gasteiger partial charge in [-0.05, 0) is 63.4 Å². The molecule has 2 aliphatic rings. The summed E-state index contributed by atoms with van der Waals surface area (Å²) >= 11 is 0. The van der Waals surface area contributed by atoms with Crippen LogP contribution in [0.4, 0.5) is 0 Å². The number of rotatable bonds is 5. The molecule has 1 amide bonds. The van der Waals surface area contributed by atoms with Crippen molar-refractivity contribution in [2.24, 2.45) is 0 Å². The Bertz CT molecular complexity index is 571. The second-order valence-corrected chi connectivity index (χ2v) is 7.23. The number of aryl methyl sites for hydroxylation is 1. The first-order valence-corrected chi connectivity index (χ1v) is 8.96. The molecule has 0 bridgehead atoms. The van der Waals surface area contributed by atoms with Crippen molar-refractivity contribution < 1.29 is 14.6 Å². The van der Waals surface area contributed by atoms with Crippen molar-refractivity contribution >= 4 is 5.91 Å². The molecule has 2 saturated heterocycles. The van der Waals surface area contributed by atoms with Crippen LogP contribution >= 0.6 is 0 Å². The maximum atomic E-state index is 12.5. The number of carbonyl (C=O) groups excluding carboxylic acids is 1. The lowest BCUT2D eigenvalue weighted by Crippen LogP contribution is -2.56. The number of amides is 1. The highest BCUT2D eigenvalue weighted by atomic mass is 16.5. The molecule has 0 unspecified atom stereocenters. The standard InChI is InChI=1S/C19H28N2O3/c1-16-6-4-7-17(12-16)24-13-18(22)21-11-5-8-19(23,15-21)14-20-9-2-3-10-20/h4,6-7,12,23H,2-3,5,8-11,13-15H2,1H3/t19-/m0/s1. The number of hydrogen-bond donors (Lipinski definition) is 1. The molecular formula is C19H28N2O3. The zero-order valence-electron chi connectivity index (χ0n) is 14.5. The number of aliphatic hydroxyl groups is 1. The lowest BCUT2D eigenvalue weighted by Gasteiger charge is -2.41. The summed E-state index contributed by atoms with van der Waals surface area (Å²) in [5.41, 5.74) is 0.333. The van der Waals surface area contributed by atoms with Gasteiger partial charge in [0.25, 0.3) is 5.91 Å². The fourth-order valence-electron chi connectivity index (χ4n) is 3.75. The number of hydrogen-bond acceptors (Lipinski definition) is 4. The van der Waals surface area contributed by atoms with Gasteiger partial charge in [0.15, 0.2) is 6.61 Å². The van der Waals surface area contributed by atoms with Crippen molar-refractivity contribution in [2.45, 2.75) is 38.2 Å². The van der Waals surface area contributed by atoms with Gasteiger partial charge in [-0.3, -0.25) is 4.79 Å². The lowest BCUT2D eigenvalue weighted by atomic mass is 9.92. The normalized spacial score (nSPS) is 25.0. The van der Waals surface area contributed by atoms with Gasteiger partial charge in [0, 0.05) is 13.1 Å². The third-order valence-corrected chi connectivity index (χ3v) is 4.98. The molecule has 2 heterocycles. The minimum Gasteiger partial charge on any atom is -0.484 e. The van der Waals surface area contributed by atoms with E-state index in [0.717, 1.165) is 31.5 Å². The maximum absolute atomic E-state index is 12.5. The van der Waals surface area contributed by atoms with Crippen molar-refractivity contribution in [1.29, 1.82) is 0 Å². The highest BCUT2D eigenvalue weighted by molar-refractivity contribution is 5.78. The Morgan fingerprint density at radius 1 is 1.25 bits per heavy atom. The zero-order valence-corrected chi connectivity index (χ0v) is 14.5. The van der Waals surface area contributed by atoms with Crippen LogP contribution in [0, 0.1) is 6.92 Å². The first-order valence-electron chi connectivity index (χ1n) is 8.96. The molecule has 3 rings (SSSR count). The summed E-state index contributed by atoms with van der Waals surface area (Å²) in [7, 11) is 0. The minimum absolute atomic E-state index is 0.0310. The summed E-state index contributed by atoms with van der Waals surface area (Å²) in [6.45, 7) is 5.95. The summed E-state index contributed by atoms with van der Waals surface area (Å²) in [6, 6.07) is 7.70. The average Bonchev–Trinajstić information content (AvgIpc) is 3.05. The van der Waals surface area contributed by atoms with Gasteiger partial charge in [0.05, 0.1) is 12.1 Å². The molecule has 1 aromatic carbocycles. The molecule has 0 saturated carbocycles. The molecule has 0 spiro atoms. The number of carbonyl (C=O) groups is 1. The predicted molar refractivity (Wildman–Crippen MR) is 93.1 cm³/mol. The van der Waals surface area contributed by atoms with Gasteiger partial charge in [0.1, 0.15) is 5.75 Å². The highest BCUT2D eigenvalue weighted by Crippen LogP contribution is 2.24. The summed E-state index contributed by atoms with van der Waals surface area (Å²) in [5.74, 6) is 0.670. The first kappa shape index (κ1) is 17.2. The van der Waals surface area contributed by atoms with Crippen LogP contribution in [-0.2, 0) is 4.79 Å². The van der Waals surface area contributed by atoms with Gasteiger partial charge < -0.3 is 19.6 Å². The molecule has 5 nitrogen and oxygen atoms in total. The van der Waals surface area contributed by atoms with Crippen molar-refractivity contribution in [3.63, 3.8) is 0 Å². The van der Waals surface area contributed by atoms with E-state index in [-0.39, 0.29) is 12.5 Å². The molecule has 0 aliphatic carbocycles. The lowest BCUT2D eigenvalue weighted by molar-refractivity contribution is -0.141. The monoisotopic (exact) mass is 332 g/mol. The topological polar surface area (TPSA) is 53.0 Å². The number of piperidine rings is 1. The highest BCUT2D eigenvalue weighted by Gasteiger charge is 2.37. The van der Waals surface area contributed by atoms with Crippen LogP contribution in [-0.4, -0.2) is 65.7 Å². The van der Waals surface area contributed by atoms with Gasteiger partial charge in [-0.1, -0.05) is 12.1 Å². The van der Waals surface area contributed by atoms with E-state index in [0.29, 0.717) is 25.4 Å². The second kappa shape index (κ2) is 7.53. The van der Waals surface area contributed by atoms with E-state index < -0.39 is 5.60 Å². The number of benzene rings is 1. The van der Waals surface area contributed by atoms with E-state index in [2.05, 4.69) is 4.90 Å². The molecular weight excluding hydrogens is 304 g/mol. The van der Waals surface area contributed by atoms with Gasteiger partial charge in [0.2, 0.25) is 0 Å². The SMILES string of the molecule is Cc1cccc(OCC(=O)N2CCC[C@](O)(CN3CCCC3)C2)c1. The van der Waals surface area contributed by atoms with E-state index in [9.17, 15) is 9.90 Å². The third kappa shape index (κ3) is 4.48. The Morgan fingerprint density at radius 2 is 2.04 bits per heavy atom. The Kier molecular flexibility index (Phi) is 5.41. The number of nitrogens with zero attached hydrogens (tertiary/aromatic N) is 2. The molecule has 2 fully saturated rings. The molecule has 2 aliphatic heterocycles. The number of β-amino-alcohol motifs (C(OH)–C–C–N with tert-alkyl or cyclic N) is 1. The summed E-state index contributed by atoms with van der Waals surface area (Å²) in [5, 5.41) is 10.9. The first-order chi connectivity index (χ1) is 11.5. The van der Waals surface area contributed by atoms with E-state index in [1.54, 1.807) is 4.90 Å². The second-order valence-electron chi connectivity index (χ2n) is 7.23. The van der Waals surface area contributed by atoms with Crippen LogP contribution in [0.5, 0.6) is 5.75 Å². The van der Waals surface area contributed by atoms with Crippen LogP contribution in [0.2, 0.25) is 0 Å². The Balaban J connectivity index is 1.52. The Morgan fingerprint density at radius 3 is 2.79 bits per heavy atom. The Labute approximate surface area is 144 Å². The van der Waals surface area contributed by atoms with Crippen LogP contribution in [0.15, 0.2) is 24.3 Å². The molecule has 1 aromatic rings. The van der Waals surface area contributed by atoms with Crippen LogP contribution in [0.25, 0.3) is 0 Å². The van der Waals surface area contributed by atoms with Gasteiger partial charge in [-0.2, -0.15) is 0 Å². The Hall–Kier alpha value is -1.59.